The fourth-order valence-corrected chi connectivity index (χ4v) is 1.89. The first-order chi connectivity index (χ1) is 9.62. The minimum Gasteiger partial charge on any atom is -0.462 e. The molecule has 1 heterocycles. The second-order valence-corrected chi connectivity index (χ2v) is 4.46. The van der Waals surface area contributed by atoms with E-state index in [1.165, 1.54) is 6.20 Å². The first-order valence-corrected chi connectivity index (χ1v) is 6.80. The number of methoxy groups -OCH3 is 1. The van der Waals surface area contributed by atoms with Gasteiger partial charge >= 0.3 is 5.97 Å². The van der Waals surface area contributed by atoms with Crippen molar-refractivity contribution in [3.05, 3.63) is 17.8 Å². The van der Waals surface area contributed by atoms with E-state index in [0.717, 1.165) is 12.8 Å². The van der Waals surface area contributed by atoms with Crippen LogP contribution >= 0.6 is 0 Å². The van der Waals surface area contributed by atoms with Gasteiger partial charge in [-0.25, -0.2) is 9.78 Å². The number of hydrogen-bond acceptors (Lipinski definition) is 6. The topological polar surface area (TPSA) is 86.5 Å². The second kappa shape index (κ2) is 8.37. The van der Waals surface area contributed by atoms with Crippen molar-refractivity contribution >= 4 is 17.5 Å². The highest BCUT2D eigenvalue weighted by Crippen LogP contribution is 2.17. The van der Waals surface area contributed by atoms with Gasteiger partial charge in [0.25, 0.3) is 0 Å². The van der Waals surface area contributed by atoms with Gasteiger partial charge in [-0.1, -0.05) is 13.3 Å². The Bertz CT molecular complexity index is 432. The smallest absolute Gasteiger partial charge is 0.340 e. The average molecular weight is 281 g/mol. The molecular weight excluding hydrogens is 258 g/mol. The Morgan fingerprint density at radius 2 is 2.25 bits per heavy atom. The summed E-state index contributed by atoms with van der Waals surface area (Å²) in [5.41, 5.74) is 6.40. The molecule has 0 aliphatic rings. The zero-order valence-electron chi connectivity index (χ0n) is 12.3. The number of ether oxygens (including phenoxy) is 2. The van der Waals surface area contributed by atoms with Gasteiger partial charge in [0.15, 0.2) is 0 Å². The van der Waals surface area contributed by atoms with Crippen LogP contribution in [0, 0.1) is 0 Å². The van der Waals surface area contributed by atoms with Gasteiger partial charge in [-0.05, 0) is 19.4 Å². The molecule has 0 aliphatic carbocycles. The molecule has 0 spiro atoms. The summed E-state index contributed by atoms with van der Waals surface area (Å²) in [6.07, 6.45) is 3.44. The van der Waals surface area contributed by atoms with E-state index in [0.29, 0.717) is 30.3 Å². The number of rotatable bonds is 8. The lowest BCUT2D eigenvalue weighted by Crippen LogP contribution is -2.25. The van der Waals surface area contributed by atoms with Gasteiger partial charge < -0.3 is 20.5 Å². The molecule has 20 heavy (non-hydrogen) atoms. The minimum absolute atomic E-state index is 0.149. The summed E-state index contributed by atoms with van der Waals surface area (Å²) in [4.78, 5) is 16.0. The summed E-state index contributed by atoms with van der Waals surface area (Å²) in [6, 6.07) is 1.77. The summed E-state index contributed by atoms with van der Waals surface area (Å²) >= 11 is 0. The van der Waals surface area contributed by atoms with E-state index in [4.69, 9.17) is 15.2 Å². The van der Waals surface area contributed by atoms with Crippen molar-refractivity contribution in [2.24, 2.45) is 0 Å². The van der Waals surface area contributed by atoms with Crippen LogP contribution in [0.4, 0.5) is 11.5 Å². The molecule has 0 radical (unpaired) electrons. The molecule has 0 aromatic carbocycles. The van der Waals surface area contributed by atoms with Gasteiger partial charge in [0.1, 0.15) is 5.82 Å². The SMILES string of the molecule is CCCC(COC)Nc1cc(C(=O)OCC)c(N)cn1. The van der Waals surface area contributed by atoms with Gasteiger partial charge in [-0.3, -0.25) is 0 Å². The lowest BCUT2D eigenvalue weighted by Gasteiger charge is -2.18. The van der Waals surface area contributed by atoms with Gasteiger partial charge in [0, 0.05) is 7.11 Å². The van der Waals surface area contributed by atoms with E-state index in [1.54, 1.807) is 20.1 Å². The summed E-state index contributed by atoms with van der Waals surface area (Å²) in [7, 11) is 1.66. The van der Waals surface area contributed by atoms with Crippen LogP contribution in [0.2, 0.25) is 0 Å². The highest BCUT2D eigenvalue weighted by molar-refractivity contribution is 5.95. The molecule has 1 aromatic heterocycles. The van der Waals surface area contributed by atoms with Crippen LogP contribution < -0.4 is 11.1 Å². The molecule has 6 heteroatoms. The van der Waals surface area contributed by atoms with Crippen LogP contribution in [0.5, 0.6) is 0 Å². The Hall–Kier alpha value is -1.82. The third-order valence-corrected chi connectivity index (χ3v) is 2.79. The van der Waals surface area contributed by atoms with Crippen molar-refractivity contribution in [2.45, 2.75) is 32.7 Å². The summed E-state index contributed by atoms with van der Waals surface area (Å²) in [5, 5.41) is 3.25. The maximum absolute atomic E-state index is 11.8. The van der Waals surface area contributed by atoms with Crippen molar-refractivity contribution in [2.75, 3.05) is 31.4 Å². The predicted octanol–water partition coefficient (Wildman–Crippen LogP) is 2.07. The molecule has 6 nitrogen and oxygen atoms in total. The van der Waals surface area contributed by atoms with E-state index < -0.39 is 5.97 Å². The highest BCUT2D eigenvalue weighted by Gasteiger charge is 2.14. The number of nitrogen functional groups attached to an aromatic ring is 1. The average Bonchev–Trinajstić information content (AvgIpc) is 2.41. The molecule has 0 bridgehead atoms. The monoisotopic (exact) mass is 281 g/mol. The van der Waals surface area contributed by atoms with Crippen molar-refractivity contribution in [1.29, 1.82) is 0 Å². The number of esters is 1. The van der Waals surface area contributed by atoms with E-state index in [-0.39, 0.29) is 6.04 Å². The number of nitrogens with one attached hydrogen (secondary N) is 1. The molecule has 0 saturated carbocycles. The number of hydrogen-bond donors (Lipinski definition) is 2. The van der Waals surface area contributed by atoms with Crippen molar-refractivity contribution in [3.63, 3.8) is 0 Å². The number of pyridine rings is 1. The Balaban J connectivity index is 2.85. The van der Waals surface area contributed by atoms with Crippen LogP contribution in [0.3, 0.4) is 0 Å². The Kier molecular flexibility index (Phi) is 6.79. The third kappa shape index (κ3) is 4.70. The predicted molar refractivity (Wildman–Crippen MR) is 78.8 cm³/mol. The minimum atomic E-state index is -0.436. The molecular formula is C14H23N3O3. The molecule has 3 N–H and O–H groups in total. The Morgan fingerprint density at radius 3 is 2.85 bits per heavy atom. The highest BCUT2D eigenvalue weighted by atomic mass is 16.5. The lowest BCUT2D eigenvalue weighted by molar-refractivity contribution is 0.0527. The third-order valence-electron chi connectivity index (χ3n) is 2.79. The van der Waals surface area contributed by atoms with Gasteiger partial charge in [-0.15, -0.1) is 0 Å². The first kappa shape index (κ1) is 16.2. The molecule has 0 aliphatic heterocycles. The van der Waals surface area contributed by atoms with Crippen LogP contribution in [0.25, 0.3) is 0 Å². The number of carbonyl (C=O) groups excluding carboxylic acids is 1. The summed E-state index contributed by atoms with van der Waals surface area (Å²) in [5.74, 6) is 0.159. The van der Waals surface area contributed by atoms with E-state index in [2.05, 4.69) is 17.2 Å². The zero-order valence-corrected chi connectivity index (χ0v) is 12.3. The van der Waals surface area contributed by atoms with Crippen LogP contribution in [-0.4, -0.2) is 37.3 Å². The van der Waals surface area contributed by atoms with Crippen molar-refractivity contribution in [1.82, 2.24) is 4.98 Å². The molecule has 112 valence electrons. The lowest BCUT2D eigenvalue weighted by atomic mass is 10.1. The fourth-order valence-electron chi connectivity index (χ4n) is 1.89. The van der Waals surface area contributed by atoms with Crippen molar-refractivity contribution < 1.29 is 14.3 Å². The molecule has 0 fully saturated rings. The first-order valence-electron chi connectivity index (χ1n) is 6.80. The molecule has 0 saturated heterocycles. The molecule has 1 unspecified atom stereocenters. The summed E-state index contributed by atoms with van der Waals surface area (Å²) < 4.78 is 10.1. The molecule has 1 atom stereocenters. The van der Waals surface area contributed by atoms with Crippen LogP contribution in [-0.2, 0) is 9.47 Å². The number of carbonyl (C=O) groups is 1. The van der Waals surface area contributed by atoms with Gasteiger partial charge in [-0.2, -0.15) is 0 Å². The Labute approximate surface area is 119 Å². The maximum atomic E-state index is 11.8. The molecule has 1 aromatic rings. The fraction of sp³-hybridized carbons (Fsp3) is 0.571. The van der Waals surface area contributed by atoms with Gasteiger partial charge in [0.2, 0.25) is 0 Å². The van der Waals surface area contributed by atoms with E-state index >= 15 is 0 Å². The standard InChI is InChI=1S/C14H23N3O3/c1-4-6-10(9-19-3)17-13-7-11(12(15)8-16-13)14(18)20-5-2/h7-8,10H,4-6,9,15H2,1-3H3,(H,16,17). The number of anilines is 2. The number of aromatic nitrogens is 1. The second-order valence-electron chi connectivity index (χ2n) is 4.46. The molecule has 1 rings (SSSR count). The van der Waals surface area contributed by atoms with E-state index in [9.17, 15) is 4.79 Å². The van der Waals surface area contributed by atoms with E-state index in [1.807, 2.05) is 0 Å². The van der Waals surface area contributed by atoms with Crippen molar-refractivity contribution in [3.8, 4) is 0 Å². The number of nitrogens with zero attached hydrogens (tertiary/aromatic N) is 1. The van der Waals surface area contributed by atoms with Gasteiger partial charge in [0.05, 0.1) is 36.7 Å². The van der Waals surface area contributed by atoms with Crippen LogP contribution in [0.15, 0.2) is 12.3 Å². The summed E-state index contributed by atoms with van der Waals surface area (Å²) in [6.45, 7) is 4.75. The number of nitrogens with two attached hydrogens (primary N) is 1. The van der Waals surface area contributed by atoms with Crippen LogP contribution in [0.1, 0.15) is 37.0 Å². The normalized spacial score (nSPS) is 11.9. The largest absolute Gasteiger partial charge is 0.462 e. The Morgan fingerprint density at radius 1 is 1.50 bits per heavy atom. The zero-order chi connectivity index (χ0) is 15.0. The molecule has 0 amide bonds. The maximum Gasteiger partial charge on any atom is 0.340 e. The quantitative estimate of drug-likeness (QED) is 0.709.